The second-order valence-electron chi connectivity index (χ2n) is 13.4. The standard InChI is InChI=1S/C18H20F3NO5S.C17H21NO3.U.V/c1-6-26-16(23)13-9-14(27-28(24,25)18(19,20)21)11-7-10(2)8-12(15(11)22-13)17(3,4)5;1-6-21-16(20)13-9-14(19)11-7-10(2)8-12(15(11)18-13)17(3,4)5;;/h7-9H,6H2,1-5H3;7-9H,6H2,1-5H3,(H,18,19);;. The molecule has 0 fully saturated rings. The predicted octanol–water partition coefficient (Wildman–Crippen LogP) is 7.55. The SMILES string of the molecule is CCOC(=O)c1cc(=O)c2cc(C)cc(C(C)(C)C)c2[nH]1.CCOC(=O)c1cc(OS(=O)(=O)C(F)(F)F)c2cc(C)cc(C(C)(C)C)c2n1.[U].[V]. The molecule has 2 heterocycles. The van der Waals surface area contributed by atoms with Crippen molar-refractivity contribution in [1.82, 2.24) is 9.97 Å². The molecule has 10 nitrogen and oxygen atoms in total. The first-order valence-electron chi connectivity index (χ1n) is 15.4. The van der Waals surface area contributed by atoms with Gasteiger partial charge in [0, 0.05) is 72.6 Å². The van der Waals surface area contributed by atoms with Gasteiger partial charge in [-0.05, 0) is 72.9 Å². The van der Waals surface area contributed by atoms with Crippen LogP contribution in [0.25, 0.3) is 21.8 Å². The molecule has 2 aromatic carbocycles. The fraction of sp³-hybridized carbons (Fsp3) is 0.429. The van der Waals surface area contributed by atoms with Gasteiger partial charge in [0.2, 0.25) is 0 Å². The van der Waals surface area contributed by atoms with Crippen molar-refractivity contribution in [2.24, 2.45) is 0 Å². The van der Waals surface area contributed by atoms with E-state index in [0.29, 0.717) is 22.0 Å². The Bertz CT molecular complexity index is 2090. The number of hydrogen-bond donors (Lipinski definition) is 1. The zero-order chi connectivity index (χ0) is 37.3. The molecule has 4 aromatic rings. The van der Waals surface area contributed by atoms with Crippen LogP contribution in [0.5, 0.6) is 5.75 Å². The van der Waals surface area contributed by atoms with E-state index in [1.165, 1.54) is 12.1 Å². The molecule has 51 heavy (non-hydrogen) atoms. The van der Waals surface area contributed by atoms with E-state index in [4.69, 9.17) is 9.47 Å². The minimum atomic E-state index is -5.94. The van der Waals surface area contributed by atoms with Crippen molar-refractivity contribution in [2.75, 3.05) is 13.2 Å². The first-order valence-corrected chi connectivity index (χ1v) is 16.8. The van der Waals surface area contributed by atoms with E-state index in [2.05, 4.69) is 34.9 Å². The average Bonchev–Trinajstić information content (AvgIpc) is 2.95. The van der Waals surface area contributed by atoms with Gasteiger partial charge in [0.1, 0.15) is 5.69 Å². The molecule has 0 atom stereocenters. The Morgan fingerprint density at radius 3 is 1.76 bits per heavy atom. The molecule has 1 N–H and O–H groups in total. The van der Waals surface area contributed by atoms with Gasteiger partial charge in [-0.15, -0.1) is 0 Å². The number of aryl methyl sites for hydroxylation is 2. The molecule has 275 valence electrons. The van der Waals surface area contributed by atoms with Gasteiger partial charge in [0.25, 0.3) is 0 Å². The van der Waals surface area contributed by atoms with E-state index in [1.54, 1.807) is 26.8 Å². The third-order valence-electron chi connectivity index (χ3n) is 7.18. The fourth-order valence-corrected chi connectivity index (χ4v) is 5.43. The van der Waals surface area contributed by atoms with Gasteiger partial charge in [-0.25, -0.2) is 14.6 Å². The zero-order valence-corrected chi connectivity index (χ0v) is 36.5. The Morgan fingerprint density at radius 1 is 0.784 bits per heavy atom. The number of alkyl halides is 3. The number of carbonyl (C=O) groups is 2. The van der Waals surface area contributed by atoms with Crippen LogP contribution in [0.1, 0.15) is 98.6 Å². The van der Waals surface area contributed by atoms with Crippen molar-refractivity contribution in [3.63, 3.8) is 0 Å². The second kappa shape index (κ2) is 17.3. The number of pyridine rings is 2. The first kappa shape index (κ1) is 46.2. The number of aromatic amines is 1. The van der Waals surface area contributed by atoms with Crippen molar-refractivity contribution in [1.29, 1.82) is 0 Å². The number of esters is 2. The number of H-pyrrole nitrogens is 1. The molecular formula is C35H41F3N2O8SUV. The van der Waals surface area contributed by atoms with Crippen LogP contribution in [-0.2, 0) is 49.0 Å². The van der Waals surface area contributed by atoms with Gasteiger partial charge in [0.15, 0.2) is 16.9 Å². The summed E-state index contributed by atoms with van der Waals surface area (Å²) in [6.45, 7) is 19.0. The van der Waals surface area contributed by atoms with Crippen LogP contribution in [-0.4, -0.2) is 49.0 Å². The molecule has 1 radical (unpaired) electrons. The Hall–Kier alpha value is -2.82. The smallest absolute Gasteiger partial charge is 0.461 e. The minimum absolute atomic E-state index is 0. The number of nitrogens with one attached hydrogen (secondary N) is 1. The quantitative estimate of drug-likeness (QED) is 0.118. The van der Waals surface area contributed by atoms with E-state index in [9.17, 15) is 36.0 Å². The van der Waals surface area contributed by atoms with Gasteiger partial charge in [-0.2, -0.15) is 21.6 Å². The number of ether oxygens (including phenoxy) is 2. The first-order chi connectivity index (χ1) is 22.4. The molecule has 0 unspecified atom stereocenters. The maximum atomic E-state index is 12.8. The van der Waals surface area contributed by atoms with Crippen molar-refractivity contribution < 1.29 is 94.5 Å². The minimum Gasteiger partial charge on any atom is -0.461 e. The Kier molecular flexibility index (Phi) is 15.7. The van der Waals surface area contributed by atoms with Crippen LogP contribution < -0.4 is 9.61 Å². The average molecular weight is 996 g/mol. The monoisotopic (exact) mass is 995 g/mol. The van der Waals surface area contributed by atoms with Gasteiger partial charge in [0.05, 0.1) is 24.2 Å². The third kappa shape index (κ3) is 11.1. The summed E-state index contributed by atoms with van der Waals surface area (Å²) in [6.07, 6.45) is 0. The van der Waals surface area contributed by atoms with Crippen molar-refractivity contribution in [3.8, 4) is 5.75 Å². The summed E-state index contributed by atoms with van der Waals surface area (Å²) in [5.41, 5.74) is -2.38. The van der Waals surface area contributed by atoms with Crippen LogP contribution >= 0.6 is 0 Å². The molecule has 0 amide bonds. The van der Waals surface area contributed by atoms with E-state index < -0.39 is 38.7 Å². The van der Waals surface area contributed by atoms with Crippen LogP contribution in [0.4, 0.5) is 13.2 Å². The Labute approximate surface area is 331 Å². The third-order valence-corrected chi connectivity index (χ3v) is 8.15. The van der Waals surface area contributed by atoms with E-state index in [0.717, 1.165) is 17.2 Å². The maximum absolute atomic E-state index is 12.8. The number of benzene rings is 2. The predicted molar refractivity (Wildman–Crippen MR) is 181 cm³/mol. The Balaban J connectivity index is 0.000000509. The normalized spacial score (nSPS) is 11.9. The van der Waals surface area contributed by atoms with Crippen molar-refractivity contribution in [3.05, 3.63) is 80.3 Å². The van der Waals surface area contributed by atoms with Gasteiger partial charge < -0.3 is 18.6 Å². The molecular weight excluding hydrogens is 954 g/mol. The van der Waals surface area contributed by atoms with E-state index in [1.807, 2.05) is 39.8 Å². The molecule has 0 aliphatic rings. The summed E-state index contributed by atoms with van der Waals surface area (Å²) < 4.78 is 75.8. The molecule has 0 saturated carbocycles. The number of carbonyl (C=O) groups excluding carboxylic acids is 2. The summed E-state index contributed by atoms with van der Waals surface area (Å²) >= 11 is 0. The number of fused-ring (bicyclic) bond motifs is 2. The number of aromatic nitrogens is 2. The van der Waals surface area contributed by atoms with E-state index in [-0.39, 0.29) is 96.0 Å². The molecule has 16 heteroatoms. The van der Waals surface area contributed by atoms with Crippen LogP contribution in [0.3, 0.4) is 0 Å². The Morgan fingerprint density at radius 2 is 1.27 bits per heavy atom. The summed E-state index contributed by atoms with van der Waals surface area (Å²) in [6, 6.07) is 9.27. The summed E-state index contributed by atoms with van der Waals surface area (Å²) in [5, 5.41) is 0.652. The maximum Gasteiger partial charge on any atom is 0.534 e. The van der Waals surface area contributed by atoms with E-state index >= 15 is 0 Å². The van der Waals surface area contributed by atoms with Crippen LogP contribution in [0.15, 0.2) is 41.2 Å². The van der Waals surface area contributed by atoms with Crippen LogP contribution in [0.2, 0.25) is 0 Å². The number of halogens is 3. The summed E-state index contributed by atoms with van der Waals surface area (Å²) in [4.78, 5) is 43.6. The molecule has 0 saturated heterocycles. The molecule has 0 spiro atoms. The molecule has 0 aliphatic heterocycles. The largest absolute Gasteiger partial charge is 0.534 e. The zero-order valence-electron chi connectivity index (χ0n) is 30.1. The molecule has 0 bridgehead atoms. The molecule has 0 aliphatic carbocycles. The molecule has 4 rings (SSSR count). The summed E-state index contributed by atoms with van der Waals surface area (Å²) in [7, 11) is -5.94. The number of rotatable bonds is 6. The molecule has 2 aromatic heterocycles. The summed E-state index contributed by atoms with van der Waals surface area (Å²) in [5.74, 6) is -2.05. The van der Waals surface area contributed by atoms with Crippen molar-refractivity contribution in [2.45, 2.75) is 85.6 Å². The second-order valence-corrected chi connectivity index (χ2v) is 15.0. The van der Waals surface area contributed by atoms with Gasteiger partial charge in [-0.1, -0.05) is 53.7 Å². The number of nitrogens with zero attached hydrogens (tertiary/aromatic N) is 1. The topological polar surface area (TPSA) is 142 Å². The fourth-order valence-electron chi connectivity index (χ4n) is 4.96. The van der Waals surface area contributed by atoms with Gasteiger partial charge >= 0.3 is 27.6 Å². The van der Waals surface area contributed by atoms with Crippen molar-refractivity contribution >= 4 is 43.9 Å². The number of hydrogen-bond acceptors (Lipinski definition) is 9. The van der Waals surface area contributed by atoms with Crippen LogP contribution in [0, 0.1) is 45.0 Å². The van der Waals surface area contributed by atoms with Gasteiger partial charge in [-0.3, -0.25) is 4.79 Å².